The first-order valence-electron chi connectivity index (χ1n) is 10.6. The van der Waals surface area contributed by atoms with Gasteiger partial charge in [0.25, 0.3) is 0 Å². The lowest BCUT2D eigenvalue weighted by molar-refractivity contribution is -0.122. The van der Waals surface area contributed by atoms with E-state index in [1.807, 2.05) is 49.4 Å². The van der Waals surface area contributed by atoms with Gasteiger partial charge in [0.15, 0.2) is 0 Å². The molecule has 174 valence electrons. The third-order valence-corrected chi connectivity index (χ3v) is 6.75. The monoisotopic (exact) mass is 486 g/mol. The van der Waals surface area contributed by atoms with Crippen molar-refractivity contribution in [2.75, 3.05) is 6.61 Å². The number of hydrogen-bond donors (Lipinski definition) is 2. The Balaban J connectivity index is 1.80. The maximum atomic E-state index is 13.1. The van der Waals surface area contributed by atoms with Crippen LogP contribution in [0.4, 0.5) is 0 Å². The van der Waals surface area contributed by atoms with E-state index in [4.69, 9.17) is 16.3 Å². The van der Waals surface area contributed by atoms with Crippen molar-refractivity contribution in [3.63, 3.8) is 0 Å². The van der Waals surface area contributed by atoms with Gasteiger partial charge in [-0.05, 0) is 67.3 Å². The van der Waals surface area contributed by atoms with Crippen molar-refractivity contribution >= 4 is 27.5 Å². The van der Waals surface area contributed by atoms with E-state index in [0.717, 1.165) is 11.1 Å². The first-order chi connectivity index (χ1) is 15.8. The summed E-state index contributed by atoms with van der Waals surface area (Å²) in [4.78, 5) is 13.1. The highest BCUT2D eigenvalue weighted by atomic mass is 35.5. The highest BCUT2D eigenvalue weighted by Crippen LogP contribution is 2.22. The number of hydrogen-bond acceptors (Lipinski definition) is 4. The fourth-order valence-corrected chi connectivity index (χ4v) is 4.72. The lowest BCUT2D eigenvalue weighted by Gasteiger charge is -2.19. The second kappa shape index (κ2) is 11.3. The molecule has 0 aromatic heterocycles. The van der Waals surface area contributed by atoms with Gasteiger partial charge >= 0.3 is 0 Å². The van der Waals surface area contributed by atoms with Gasteiger partial charge in [-0.25, -0.2) is 8.42 Å². The van der Waals surface area contributed by atoms with E-state index in [1.165, 1.54) is 6.07 Å². The lowest BCUT2D eigenvalue weighted by atomic mass is 10.1. The van der Waals surface area contributed by atoms with E-state index in [0.29, 0.717) is 22.9 Å². The molecule has 3 aromatic carbocycles. The molecular weight excluding hydrogens is 460 g/mol. The second-order valence-electron chi connectivity index (χ2n) is 7.57. The van der Waals surface area contributed by atoms with Crippen LogP contribution in [0.3, 0.4) is 0 Å². The summed E-state index contributed by atoms with van der Waals surface area (Å²) in [6.07, 6.45) is 0.211. The van der Waals surface area contributed by atoms with E-state index in [-0.39, 0.29) is 17.9 Å². The third-order valence-electron chi connectivity index (χ3n) is 5.03. The second-order valence-corrected chi connectivity index (χ2v) is 9.72. The molecule has 6 nitrogen and oxygen atoms in total. The van der Waals surface area contributed by atoms with Gasteiger partial charge < -0.3 is 10.1 Å². The average molecular weight is 487 g/mol. The largest absolute Gasteiger partial charge is 0.494 e. The summed E-state index contributed by atoms with van der Waals surface area (Å²) in [5.41, 5.74) is 2.40. The van der Waals surface area contributed by atoms with Crippen molar-refractivity contribution in [1.82, 2.24) is 10.0 Å². The van der Waals surface area contributed by atoms with Crippen LogP contribution in [-0.2, 0) is 27.8 Å². The summed E-state index contributed by atoms with van der Waals surface area (Å²) in [6, 6.07) is 20.0. The zero-order chi connectivity index (χ0) is 23.8. The average Bonchev–Trinajstić information content (AvgIpc) is 2.80. The Morgan fingerprint density at radius 2 is 1.70 bits per heavy atom. The number of carbonyl (C=O) groups is 1. The Kier molecular flexibility index (Phi) is 8.49. The van der Waals surface area contributed by atoms with Crippen LogP contribution in [0, 0.1) is 6.92 Å². The molecule has 3 aromatic rings. The van der Waals surface area contributed by atoms with Crippen LogP contribution in [0.5, 0.6) is 5.75 Å². The first kappa shape index (κ1) is 24.8. The van der Waals surface area contributed by atoms with Gasteiger partial charge in [0.1, 0.15) is 11.8 Å². The molecule has 8 heteroatoms. The van der Waals surface area contributed by atoms with Crippen LogP contribution in [0.25, 0.3) is 0 Å². The molecule has 0 aliphatic rings. The standard InChI is InChI=1S/C25H27ClN2O4S/c1-3-32-24-14-13-22(15-18(24)2)33(30,31)28-23(16-19-7-5-4-6-8-19)25(29)27-17-20-9-11-21(26)12-10-20/h4-15,23,28H,3,16-17H2,1-2H3,(H,27,29)/t23-/m0/s1. The van der Waals surface area contributed by atoms with E-state index in [2.05, 4.69) is 10.0 Å². The lowest BCUT2D eigenvalue weighted by Crippen LogP contribution is -2.47. The summed E-state index contributed by atoms with van der Waals surface area (Å²) in [7, 11) is -3.95. The van der Waals surface area contributed by atoms with Crippen molar-refractivity contribution in [3.8, 4) is 5.75 Å². The molecule has 0 aliphatic heterocycles. The molecule has 1 amide bonds. The van der Waals surface area contributed by atoms with Crippen LogP contribution in [0.2, 0.25) is 5.02 Å². The summed E-state index contributed by atoms with van der Waals surface area (Å²) < 4.78 is 34.3. The van der Waals surface area contributed by atoms with Gasteiger partial charge in [-0.1, -0.05) is 54.1 Å². The smallest absolute Gasteiger partial charge is 0.241 e. The summed E-state index contributed by atoms with van der Waals surface area (Å²) in [5, 5.41) is 3.42. The number of ether oxygens (including phenoxy) is 1. The van der Waals surface area contributed by atoms with E-state index >= 15 is 0 Å². The molecule has 0 radical (unpaired) electrons. The van der Waals surface area contributed by atoms with Crippen molar-refractivity contribution in [2.24, 2.45) is 0 Å². The number of benzene rings is 3. The fraction of sp³-hybridized carbons (Fsp3) is 0.240. The Hall–Kier alpha value is -2.87. The number of carbonyl (C=O) groups excluding carboxylic acids is 1. The minimum absolute atomic E-state index is 0.0759. The molecule has 0 unspecified atom stereocenters. The molecule has 0 saturated heterocycles. The van der Waals surface area contributed by atoms with Gasteiger partial charge in [0.05, 0.1) is 11.5 Å². The fourth-order valence-electron chi connectivity index (χ4n) is 3.31. The number of nitrogens with one attached hydrogen (secondary N) is 2. The zero-order valence-electron chi connectivity index (χ0n) is 18.5. The summed E-state index contributed by atoms with van der Waals surface area (Å²) >= 11 is 5.91. The molecule has 0 saturated carbocycles. The molecule has 33 heavy (non-hydrogen) atoms. The SMILES string of the molecule is CCOc1ccc(S(=O)(=O)N[C@@H](Cc2ccccc2)C(=O)NCc2ccc(Cl)cc2)cc1C. The topological polar surface area (TPSA) is 84.5 Å². The maximum Gasteiger partial charge on any atom is 0.241 e. The number of sulfonamides is 1. The normalized spacial score (nSPS) is 12.2. The van der Waals surface area contributed by atoms with Gasteiger partial charge in [0, 0.05) is 11.6 Å². The number of amides is 1. The van der Waals surface area contributed by atoms with Crippen molar-refractivity contribution in [2.45, 2.75) is 37.8 Å². The predicted molar refractivity (Wildman–Crippen MR) is 130 cm³/mol. The van der Waals surface area contributed by atoms with Crippen LogP contribution in [-0.4, -0.2) is 27.0 Å². The Morgan fingerprint density at radius 3 is 2.33 bits per heavy atom. The van der Waals surface area contributed by atoms with Crippen LogP contribution in [0.1, 0.15) is 23.6 Å². The Labute approximate surface area is 200 Å². The quantitative estimate of drug-likeness (QED) is 0.448. The van der Waals surface area contributed by atoms with Crippen LogP contribution in [0.15, 0.2) is 77.7 Å². The van der Waals surface area contributed by atoms with E-state index in [1.54, 1.807) is 31.2 Å². The van der Waals surface area contributed by atoms with E-state index < -0.39 is 22.0 Å². The van der Waals surface area contributed by atoms with Crippen molar-refractivity contribution in [1.29, 1.82) is 0 Å². The molecule has 0 spiro atoms. The summed E-state index contributed by atoms with van der Waals surface area (Å²) in [5.74, 6) is 0.207. The Bertz CT molecular complexity index is 1180. The van der Waals surface area contributed by atoms with Gasteiger partial charge in [-0.15, -0.1) is 0 Å². The highest BCUT2D eigenvalue weighted by Gasteiger charge is 2.26. The highest BCUT2D eigenvalue weighted by molar-refractivity contribution is 7.89. The molecular formula is C25H27ClN2O4S. The Morgan fingerprint density at radius 1 is 1.00 bits per heavy atom. The third kappa shape index (κ3) is 7.05. The molecule has 2 N–H and O–H groups in total. The van der Waals surface area contributed by atoms with Crippen LogP contribution >= 0.6 is 11.6 Å². The number of aryl methyl sites for hydroxylation is 1. The zero-order valence-corrected chi connectivity index (χ0v) is 20.1. The molecule has 0 fully saturated rings. The minimum atomic E-state index is -3.95. The summed E-state index contributed by atoms with van der Waals surface area (Å²) in [6.45, 7) is 4.38. The molecule has 0 aliphatic carbocycles. The molecule has 3 rings (SSSR count). The van der Waals surface area contributed by atoms with Crippen molar-refractivity contribution < 1.29 is 17.9 Å². The maximum absolute atomic E-state index is 13.1. The van der Waals surface area contributed by atoms with Gasteiger partial charge in [-0.3, -0.25) is 4.79 Å². The number of rotatable bonds is 10. The minimum Gasteiger partial charge on any atom is -0.494 e. The molecule has 0 bridgehead atoms. The predicted octanol–water partition coefficient (Wildman–Crippen LogP) is 4.25. The van der Waals surface area contributed by atoms with Gasteiger partial charge in [-0.2, -0.15) is 4.72 Å². The molecule has 1 atom stereocenters. The van der Waals surface area contributed by atoms with Crippen molar-refractivity contribution in [3.05, 3.63) is 94.5 Å². The molecule has 0 heterocycles. The first-order valence-corrected chi connectivity index (χ1v) is 12.5. The number of halogens is 1. The van der Waals surface area contributed by atoms with Crippen LogP contribution < -0.4 is 14.8 Å². The van der Waals surface area contributed by atoms with Gasteiger partial charge in [0.2, 0.25) is 15.9 Å². The van der Waals surface area contributed by atoms with E-state index in [9.17, 15) is 13.2 Å².